The molecular weight excluding hydrogens is 314 g/mol. The van der Waals surface area contributed by atoms with E-state index in [4.69, 9.17) is 16.2 Å². The van der Waals surface area contributed by atoms with Gasteiger partial charge in [-0.2, -0.15) is 0 Å². The van der Waals surface area contributed by atoms with Gasteiger partial charge in [0.2, 0.25) is 5.82 Å². The Morgan fingerprint density at radius 3 is 2.71 bits per heavy atom. The Morgan fingerprint density at radius 1 is 1.29 bits per heavy atom. The zero-order valence-corrected chi connectivity index (χ0v) is 12.3. The smallest absolute Gasteiger partial charge is 0.270 e. The number of benzene rings is 1. The van der Waals surface area contributed by atoms with Crippen LogP contribution in [0, 0.1) is 6.92 Å². The maximum Gasteiger partial charge on any atom is 0.270 e. The van der Waals surface area contributed by atoms with Gasteiger partial charge in [-0.05, 0) is 40.9 Å². The molecule has 0 aliphatic rings. The maximum absolute atomic E-state index is 12.1. The summed E-state index contributed by atoms with van der Waals surface area (Å²) in [4.78, 5) is 12.5. The third-order valence-corrected chi connectivity index (χ3v) is 3.77. The molecule has 0 radical (unpaired) electrons. The fourth-order valence-corrected chi connectivity index (χ4v) is 2.35. The van der Waals surface area contributed by atoms with E-state index in [1.54, 1.807) is 31.2 Å². The Labute approximate surface area is 128 Å². The molecule has 3 rings (SSSR count). The van der Waals surface area contributed by atoms with Crippen molar-refractivity contribution in [3.63, 3.8) is 0 Å². The molecule has 106 valence electrons. The Morgan fingerprint density at radius 2 is 2.05 bits per heavy atom. The van der Waals surface area contributed by atoms with E-state index in [1.165, 1.54) is 0 Å². The van der Waals surface area contributed by atoms with Crippen molar-refractivity contribution in [3.05, 3.63) is 39.9 Å². The van der Waals surface area contributed by atoms with E-state index in [-0.39, 0.29) is 11.7 Å². The number of halogens is 1. The molecule has 9 heteroatoms. The van der Waals surface area contributed by atoms with Crippen molar-refractivity contribution in [1.29, 1.82) is 0 Å². The summed E-state index contributed by atoms with van der Waals surface area (Å²) in [6.45, 7) is 1.71. The predicted molar refractivity (Wildman–Crippen MR) is 77.3 cm³/mol. The number of hydrogen-bond donors (Lipinski definition) is 1. The van der Waals surface area contributed by atoms with Crippen molar-refractivity contribution >= 4 is 34.9 Å². The molecule has 0 saturated carbocycles. The predicted octanol–water partition coefficient (Wildman–Crippen LogP) is 2.80. The first-order chi connectivity index (χ1) is 10.1. The highest BCUT2D eigenvalue weighted by atomic mass is 35.5. The lowest BCUT2D eigenvalue weighted by atomic mass is 10.1. The molecule has 2 aromatic heterocycles. The number of nitrogens with one attached hydrogen (secondary N) is 1. The minimum Gasteiger partial charge on any atom is -0.301 e. The molecule has 0 atom stereocenters. The van der Waals surface area contributed by atoms with Crippen LogP contribution in [0.2, 0.25) is 5.02 Å². The van der Waals surface area contributed by atoms with E-state index in [9.17, 15) is 4.79 Å². The quantitative estimate of drug-likeness (QED) is 0.797. The second kappa shape index (κ2) is 5.58. The summed E-state index contributed by atoms with van der Waals surface area (Å²) in [5.74, 6) is -0.122. The monoisotopic (exact) mass is 321 g/mol. The molecule has 3 aromatic rings. The van der Waals surface area contributed by atoms with Gasteiger partial charge in [-0.3, -0.25) is 4.79 Å². The van der Waals surface area contributed by atoms with Crippen LogP contribution < -0.4 is 5.32 Å². The molecule has 21 heavy (non-hydrogen) atoms. The zero-order valence-electron chi connectivity index (χ0n) is 10.7. The minimum atomic E-state index is -0.353. The van der Waals surface area contributed by atoms with Crippen molar-refractivity contribution < 1.29 is 9.42 Å². The Bertz CT molecular complexity index is 783. The zero-order chi connectivity index (χ0) is 14.8. The highest BCUT2D eigenvalue weighted by Gasteiger charge is 2.19. The first-order valence-corrected chi connectivity index (χ1v) is 6.99. The van der Waals surface area contributed by atoms with Crippen LogP contribution in [0.15, 0.2) is 28.9 Å². The van der Waals surface area contributed by atoms with Gasteiger partial charge in [-0.25, -0.2) is 4.63 Å². The van der Waals surface area contributed by atoms with E-state index in [1.807, 2.05) is 0 Å². The SMILES string of the molecule is Cc1nnsc1C(=O)Nc1nonc1-c1ccc(Cl)cc1. The standard InChI is InChI=1S/C12H8ClN5O2S/c1-6-10(21-18-15-6)12(19)14-11-9(16-20-17-11)7-2-4-8(13)5-3-7/h2-5H,1H3,(H,14,17,19). The fraction of sp³-hybridized carbons (Fsp3) is 0.0833. The normalized spacial score (nSPS) is 10.6. The van der Waals surface area contributed by atoms with Crippen LogP contribution in [0.25, 0.3) is 11.3 Å². The van der Waals surface area contributed by atoms with Crippen molar-refractivity contribution in [2.75, 3.05) is 5.32 Å². The van der Waals surface area contributed by atoms with Gasteiger partial charge in [-0.1, -0.05) is 28.2 Å². The molecule has 7 nitrogen and oxygen atoms in total. The highest BCUT2D eigenvalue weighted by Crippen LogP contribution is 2.26. The van der Waals surface area contributed by atoms with Gasteiger partial charge in [-0.15, -0.1) is 5.10 Å². The van der Waals surface area contributed by atoms with Gasteiger partial charge in [0.15, 0.2) is 5.69 Å². The summed E-state index contributed by atoms with van der Waals surface area (Å²) in [5.41, 5.74) is 1.72. The third kappa shape index (κ3) is 2.76. The molecule has 1 amide bonds. The van der Waals surface area contributed by atoms with Crippen LogP contribution >= 0.6 is 23.1 Å². The maximum atomic E-state index is 12.1. The summed E-state index contributed by atoms with van der Waals surface area (Å²) in [6, 6.07) is 6.96. The van der Waals surface area contributed by atoms with Crippen molar-refractivity contribution in [2.24, 2.45) is 0 Å². The molecule has 0 aliphatic heterocycles. The van der Waals surface area contributed by atoms with Gasteiger partial charge in [0.25, 0.3) is 5.91 Å². The molecule has 0 fully saturated rings. The highest BCUT2D eigenvalue weighted by molar-refractivity contribution is 7.08. The molecular formula is C12H8ClN5O2S. The lowest BCUT2D eigenvalue weighted by molar-refractivity contribution is 0.102. The van der Waals surface area contributed by atoms with Crippen LogP contribution in [0.4, 0.5) is 5.82 Å². The van der Waals surface area contributed by atoms with Crippen molar-refractivity contribution in [2.45, 2.75) is 6.92 Å². The summed E-state index contributed by atoms with van der Waals surface area (Å²) in [5, 5.41) is 14.5. The lowest BCUT2D eigenvalue weighted by Gasteiger charge is -2.01. The summed E-state index contributed by atoms with van der Waals surface area (Å²) in [7, 11) is 0. The molecule has 2 heterocycles. The fourth-order valence-electron chi connectivity index (χ4n) is 1.67. The topological polar surface area (TPSA) is 93.8 Å². The second-order valence-corrected chi connectivity index (χ2v) is 5.30. The van der Waals surface area contributed by atoms with E-state index in [2.05, 4.69) is 25.2 Å². The molecule has 0 aliphatic carbocycles. The first kappa shape index (κ1) is 13.7. The van der Waals surface area contributed by atoms with Crippen LogP contribution in [-0.2, 0) is 0 Å². The number of carbonyl (C=O) groups is 1. The number of rotatable bonds is 3. The number of carbonyl (C=O) groups excluding carboxylic acids is 1. The molecule has 1 N–H and O–H groups in total. The number of anilines is 1. The first-order valence-electron chi connectivity index (χ1n) is 5.84. The van der Waals surface area contributed by atoms with Crippen LogP contribution in [0.1, 0.15) is 15.4 Å². The van der Waals surface area contributed by atoms with Crippen molar-refractivity contribution in [3.8, 4) is 11.3 Å². The molecule has 1 aromatic carbocycles. The van der Waals surface area contributed by atoms with E-state index in [0.29, 0.717) is 21.3 Å². The molecule has 0 unspecified atom stereocenters. The van der Waals surface area contributed by atoms with E-state index in [0.717, 1.165) is 17.1 Å². The van der Waals surface area contributed by atoms with Gasteiger partial charge in [0, 0.05) is 10.6 Å². The van der Waals surface area contributed by atoms with E-state index >= 15 is 0 Å². The third-order valence-electron chi connectivity index (χ3n) is 2.70. The molecule has 0 bridgehead atoms. The largest absolute Gasteiger partial charge is 0.301 e. The minimum absolute atomic E-state index is 0.232. The summed E-state index contributed by atoms with van der Waals surface area (Å²) >= 11 is 6.85. The van der Waals surface area contributed by atoms with Gasteiger partial charge < -0.3 is 5.32 Å². The Balaban J connectivity index is 1.88. The summed E-state index contributed by atoms with van der Waals surface area (Å²) < 4.78 is 8.42. The van der Waals surface area contributed by atoms with Crippen LogP contribution in [-0.4, -0.2) is 25.8 Å². The van der Waals surface area contributed by atoms with Gasteiger partial charge >= 0.3 is 0 Å². The average Bonchev–Trinajstić information content (AvgIpc) is 3.09. The number of aryl methyl sites for hydroxylation is 1. The Hall–Kier alpha value is -2.32. The second-order valence-electron chi connectivity index (χ2n) is 4.11. The number of nitrogens with zero attached hydrogens (tertiary/aromatic N) is 4. The van der Waals surface area contributed by atoms with E-state index < -0.39 is 0 Å². The van der Waals surface area contributed by atoms with Crippen LogP contribution in [0.5, 0.6) is 0 Å². The molecule has 0 saturated heterocycles. The molecule has 0 spiro atoms. The Kier molecular flexibility index (Phi) is 3.63. The number of amides is 1. The number of hydrogen-bond acceptors (Lipinski definition) is 7. The van der Waals surface area contributed by atoms with Crippen molar-refractivity contribution in [1.82, 2.24) is 19.9 Å². The van der Waals surface area contributed by atoms with Gasteiger partial charge in [0.05, 0.1) is 5.69 Å². The lowest BCUT2D eigenvalue weighted by Crippen LogP contribution is -2.12. The average molecular weight is 322 g/mol. The summed E-state index contributed by atoms with van der Waals surface area (Å²) in [6.07, 6.45) is 0. The van der Waals surface area contributed by atoms with Crippen LogP contribution in [0.3, 0.4) is 0 Å². The van der Waals surface area contributed by atoms with Gasteiger partial charge in [0.1, 0.15) is 4.88 Å². The number of aromatic nitrogens is 4.